The van der Waals surface area contributed by atoms with Crippen LogP contribution in [0.15, 0.2) is 18.2 Å². The highest BCUT2D eigenvalue weighted by Crippen LogP contribution is 2.10. The molecular weight excluding hydrogens is 221 g/mol. The lowest BCUT2D eigenvalue weighted by molar-refractivity contribution is 0.127. The maximum Gasteiger partial charge on any atom is 0.128 e. The summed E-state index contributed by atoms with van der Waals surface area (Å²) in [7, 11) is 0. The molecule has 1 rings (SSSR count). The van der Waals surface area contributed by atoms with Gasteiger partial charge in [0, 0.05) is 24.8 Å². The zero-order valence-electron chi connectivity index (χ0n) is 10.4. The van der Waals surface area contributed by atoms with E-state index in [4.69, 9.17) is 9.84 Å². The van der Waals surface area contributed by atoms with Crippen LogP contribution < -0.4 is 5.32 Å². The summed E-state index contributed by atoms with van der Waals surface area (Å²) in [4.78, 5) is 0. The lowest BCUT2D eigenvalue weighted by Crippen LogP contribution is -2.30. The molecule has 0 spiro atoms. The number of rotatable bonds is 7. The Balaban J connectivity index is 2.46. The largest absolute Gasteiger partial charge is 0.392 e. The molecule has 0 saturated heterocycles. The molecule has 1 aromatic carbocycles. The first-order chi connectivity index (χ1) is 8.17. The van der Waals surface area contributed by atoms with E-state index in [0.717, 1.165) is 5.56 Å². The summed E-state index contributed by atoms with van der Waals surface area (Å²) < 4.78 is 18.4. The van der Waals surface area contributed by atoms with E-state index in [1.54, 1.807) is 12.1 Å². The summed E-state index contributed by atoms with van der Waals surface area (Å²) in [6.45, 7) is 5.73. The van der Waals surface area contributed by atoms with Gasteiger partial charge in [0.05, 0.1) is 13.2 Å². The molecule has 2 N–H and O–H groups in total. The van der Waals surface area contributed by atoms with Gasteiger partial charge in [-0.1, -0.05) is 6.07 Å². The van der Waals surface area contributed by atoms with Gasteiger partial charge in [0.2, 0.25) is 0 Å². The summed E-state index contributed by atoms with van der Waals surface area (Å²) in [5.74, 6) is -0.362. The SMILES string of the molecule is CCOCC(C)NCc1ccc(F)c(CO)c1. The number of nitrogens with one attached hydrogen (secondary N) is 1. The zero-order chi connectivity index (χ0) is 12.7. The van der Waals surface area contributed by atoms with Gasteiger partial charge in [-0.15, -0.1) is 0 Å². The fourth-order valence-electron chi connectivity index (χ4n) is 1.50. The van der Waals surface area contributed by atoms with Crippen LogP contribution in [0.3, 0.4) is 0 Å². The van der Waals surface area contributed by atoms with E-state index in [2.05, 4.69) is 5.32 Å². The molecule has 1 atom stereocenters. The van der Waals surface area contributed by atoms with E-state index in [-0.39, 0.29) is 18.5 Å². The second kappa shape index (κ2) is 7.37. The maximum absolute atomic E-state index is 13.1. The van der Waals surface area contributed by atoms with Gasteiger partial charge >= 0.3 is 0 Å². The second-order valence-corrected chi connectivity index (χ2v) is 4.03. The Morgan fingerprint density at radius 2 is 2.24 bits per heavy atom. The smallest absolute Gasteiger partial charge is 0.128 e. The highest BCUT2D eigenvalue weighted by atomic mass is 19.1. The molecule has 17 heavy (non-hydrogen) atoms. The van der Waals surface area contributed by atoms with Gasteiger partial charge in [0.25, 0.3) is 0 Å². The fourth-order valence-corrected chi connectivity index (χ4v) is 1.50. The number of aliphatic hydroxyl groups excluding tert-OH is 1. The summed E-state index contributed by atoms with van der Waals surface area (Å²) in [5.41, 5.74) is 1.29. The van der Waals surface area contributed by atoms with Crippen molar-refractivity contribution in [2.24, 2.45) is 0 Å². The predicted molar refractivity (Wildman–Crippen MR) is 65.1 cm³/mol. The molecule has 0 radical (unpaired) electrons. The van der Waals surface area contributed by atoms with Crippen LogP contribution in [-0.2, 0) is 17.9 Å². The molecule has 0 fully saturated rings. The van der Waals surface area contributed by atoms with Crippen molar-refractivity contribution in [2.45, 2.75) is 33.0 Å². The van der Waals surface area contributed by atoms with E-state index in [1.807, 2.05) is 13.8 Å². The highest BCUT2D eigenvalue weighted by Gasteiger charge is 2.04. The number of hydrogen-bond acceptors (Lipinski definition) is 3. The molecule has 96 valence electrons. The van der Waals surface area contributed by atoms with Crippen molar-refractivity contribution in [3.05, 3.63) is 35.1 Å². The number of aliphatic hydroxyl groups is 1. The average Bonchev–Trinajstić information content (AvgIpc) is 2.35. The quantitative estimate of drug-likeness (QED) is 0.765. The van der Waals surface area contributed by atoms with Gasteiger partial charge in [0.15, 0.2) is 0 Å². The van der Waals surface area contributed by atoms with Gasteiger partial charge in [-0.3, -0.25) is 0 Å². The molecule has 0 aromatic heterocycles. The van der Waals surface area contributed by atoms with Crippen LogP contribution in [0.1, 0.15) is 25.0 Å². The van der Waals surface area contributed by atoms with Crippen LogP contribution in [0.2, 0.25) is 0 Å². The average molecular weight is 241 g/mol. The third-order valence-corrected chi connectivity index (χ3v) is 2.51. The molecule has 3 nitrogen and oxygen atoms in total. The van der Waals surface area contributed by atoms with Crippen molar-refractivity contribution >= 4 is 0 Å². The zero-order valence-corrected chi connectivity index (χ0v) is 10.4. The van der Waals surface area contributed by atoms with Crippen LogP contribution in [-0.4, -0.2) is 24.4 Å². The number of benzene rings is 1. The number of ether oxygens (including phenoxy) is 1. The van der Waals surface area contributed by atoms with Crippen LogP contribution in [0, 0.1) is 5.82 Å². The molecule has 1 aromatic rings. The van der Waals surface area contributed by atoms with Gasteiger partial charge in [-0.05, 0) is 31.5 Å². The minimum atomic E-state index is -0.362. The van der Waals surface area contributed by atoms with Crippen molar-refractivity contribution in [2.75, 3.05) is 13.2 Å². The Kier molecular flexibility index (Phi) is 6.11. The number of hydrogen-bond donors (Lipinski definition) is 2. The van der Waals surface area contributed by atoms with Crippen LogP contribution in [0.5, 0.6) is 0 Å². The molecular formula is C13H20FNO2. The second-order valence-electron chi connectivity index (χ2n) is 4.03. The Morgan fingerprint density at radius 3 is 2.88 bits per heavy atom. The molecule has 1 unspecified atom stereocenters. The molecule has 0 aliphatic rings. The van der Waals surface area contributed by atoms with Crippen LogP contribution in [0.25, 0.3) is 0 Å². The van der Waals surface area contributed by atoms with E-state index in [9.17, 15) is 4.39 Å². The predicted octanol–water partition coefficient (Wildman–Crippen LogP) is 1.83. The minimum Gasteiger partial charge on any atom is -0.392 e. The maximum atomic E-state index is 13.1. The first-order valence-electron chi connectivity index (χ1n) is 5.86. The van der Waals surface area contributed by atoms with Gasteiger partial charge in [0.1, 0.15) is 5.82 Å². The van der Waals surface area contributed by atoms with E-state index in [1.165, 1.54) is 6.07 Å². The van der Waals surface area contributed by atoms with Crippen LogP contribution >= 0.6 is 0 Å². The van der Waals surface area contributed by atoms with Crippen molar-refractivity contribution in [3.8, 4) is 0 Å². The summed E-state index contributed by atoms with van der Waals surface area (Å²) in [6, 6.07) is 5.03. The molecule has 0 aliphatic heterocycles. The van der Waals surface area contributed by atoms with E-state index in [0.29, 0.717) is 25.3 Å². The Labute approximate surface area is 102 Å². The minimum absolute atomic E-state index is 0.248. The van der Waals surface area contributed by atoms with Gasteiger partial charge < -0.3 is 15.2 Å². The lowest BCUT2D eigenvalue weighted by atomic mass is 10.1. The molecule has 4 heteroatoms. The van der Waals surface area contributed by atoms with E-state index >= 15 is 0 Å². The van der Waals surface area contributed by atoms with Gasteiger partial charge in [-0.2, -0.15) is 0 Å². The van der Waals surface area contributed by atoms with Crippen molar-refractivity contribution < 1.29 is 14.2 Å². The highest BCUT2D eigenvalue weighted by molar-refractivity contribution is 5.24. The summed E-state index contributed by atoms with van der Waals surface area (Å²) >= 11 is 0. The molecule has 0 saturated carbocycles. The Hall–Kier alpha value is -0.970. The monoisotopic (exact) mass is 241 g/mol. The van der Waals surface area contributed by atoms with Gasteiger partial charge in [-0.25, -0.2) is 4.39 Å². The molecule has 0 aliphatic carbocycles. The first kappa shape index (κ1) is 14.1. The van der Waals surface area contributed by atoms with Crippen molar-refractivity contribution in [1.82, 2.24) is 5.32 Å². The topological polar surface area (TPSA) is 41.5 Å². The molecule has 0 amide bonds. The van der Waals surface area contributed by atoms with Crippen LogP contribution in [0.4, 0.5) is 4.39 Å². The van der Waals surface area contributed by atoms with Crippen molar-refractivity contribution in [3.63, 3.8) is 0 Å². The Bertz CT molecular complexity index is 344. The molecule has 0 heterocycles. The first-order valence-corrected chi connectivity index (χ1v) is 5.86. The van der Waals surface area contributed by atoms with E-state index < -0.39 is 0 Å². The number of halogens is 1. The standard InChI is InChI=1S/C13H20FNO2/c1-3-17-9-10(2)15-7-11-4-5-13(14)12(6-11)8-16/h4-6,10,15-16H,3,7-9H2,1-2H3. The Morgan fingerprint density at radius 1 is 1.47 bits per heavy atom. The molecule has 0 bridgehead atoms. The fraction of sp³-hybridized carbons (Fsp3) is 0.538. The third kappa shape index (κ3) is 4.81. The normalized spacial score (nSPS) is 12.7. The summed E-state index contributed by atoms with van der Waals surface area (Å²) in [5, 5.41) is 12.2. The van der Waals surface area contributed by atoms with Crippen molar-refractivity contribution in [1.29, 1.82) is 0 Å². The summed E-state index contributed by atoms with van der Waals surface area (Å²) in [6.07, 6.45) is 0. The third-order valence-electron chi connectivity index (χ3n) is 2.51. The lowest BCUT2D eigenvalue weighted by Gasteiger charge is -2.14.